The molecule has 160 valence electrons. The lowest BCUT2D eigenvalue weighted by atomic mass is 10.2. The van der Waals surface area contributed by atoms with Gasteiger partial charge in [-0.25, -0.2) is 18.2 Å². The Morgan fingerprint density at radius 3 is 2.32 bits per heavy atom. The summed E-state index contributed by atoms with van der Waals surface area (Å²) in [4.78, 5) is 34.7. The Kier molecular flexibility index (Phi) is 5.42. The van der Waals surface area contributed by atoms with E-state index in [1.54, 1.807) is 29.2 Å². The lowest BCUT2D eigenvalue weighted by Crippen LogP contribution is -2.50. The molecular formula is C20H19N5O5S. The van der Waals surface area contributed by atoms with Crippen molar-refractivity contribution in [2.75, 3.05) is 30.9 Å². The molecule has 1 aliphatic heterocycles. The summed E-state index contributed by atoms with van der Waals surface area (Å²) in [6, 6.07) is 11.3. The molecule has 2 amide bonds. The van der Waals surface area contributed by atoms with Gasteiger partial charge >= 0.3 is 6.09 Å². The minimum Gasteiger partial charge on any atom is -0.465 e. The van der Waals surface area contributed by atoms with Crippen molar-refractivity contribution in [1.29, 1.82) is 0 Å². The minimum atomic E-state index is -3.94. The highest BCUT2D eigenvalue weighted by molar-refractivity contribution is 7.93. The Morgan fingerprint density at radius 1 is 0.935 bits per heavy atom. The smallest absolute Gasteiger partial charge is 0.407 e. The van der Waals surface area contributed by atoms with Crippen LogP contribution in [0.1, 0.15) is 10.4 Å². The van der Waals surface area contributed by atoms with Gasteiger partial charge in [-0.05, 0) is 24.3 Å². The van der Waals surface area contributed by atoms with Crippen LogP contribution in [0.25, 0.3) is 10.9 Å². The molecule has 2 aromatic heterocycles. The van der Waals surface area contributed by atoms with Crippen molar-refractivity contribution in [3.05, 3.63) is 60.4 Å². The minimum absolute atomic E-state index is 0.0313. The van der Waals surface area contributed by atoms with Gasteiger partial charge in [-0.2, -0.15) is 0 Å². The number of fused-ring (bicyclic) bond motifs is 1. The zero-order chi connectivity index (χ0) is 22.0. The molecule has 2 N–H and O–H groups in total. The monoisotopic (exact) mass is 441 g/mol. The van der Waals surface area contributed by atoms with Crippen molar-refractivity contribution in [3.8, 4) is 0 Å². The van der Waals surface area contributed by atoms with Crippen LogP contribution < -0.4 is 4.72 Å². The Hall–Kier alpha value is -3.73. The van der Waals surface area contributed by atoms with E-state index in [4.69, 9.17) is 5.11 Å². The fourth-order valence-corrected chi connectivity index (χ4v) is 4.54. The highest BCUT2D eigenvalue weighted by Gasteiger charge is 2.25. The molecule has 0 aliphatic carbocycles. The Bertz CT molecular complexity index is 1230. The number of carboxylic acid groups (broad SMARTS) is 1. The van der Waals surface area contributed by atoms with Gasteiger partial charge < -0.3 is 14.9 Å². The zero-order valence-electron chi connectivity index (χ0n) is 16.3. The number of benzene rings is 1. The van der Waals surface area contributed by atoms with Gasteiger partial charge in [0.15, 0.2) is 0 Å². The third-order valence-electron chi connectivity index (χ3n) is 4.97. The van der Waals surface area contributed by atoms with Crippen LogP contribution in [0.5, 0.6) is 0 Å². The van der Waals surface area contributed by atoms with Crippen LogP contribution in [-0.2, 0) is 10.0 Å². The van der Waals surface area contributed by atoms with Crippen molar-refractivity contribution in [1.82, 2.24) is 19.8 Å². The molecule has 1 aromatic carbocycles. The van der Waals surface area contributed by atoms with E-state index >= 15 is 0 Å². The van der Waals surface area contributed by atoms with Gasteiger partial charge in [0.05, 0.1) is 11.1 Å². The van der Waals surface area contributed by atoms with E-state index in [9.17, 15) is 18.0 Å². The topological polar surface area (TPSA) is 133 Å². The fourth-order valence-electron chi connectivity index (χ4n) is 3.35. The van der Waals surface area contributed by atoms with Gasteiger partial charge in [-0.1, -0.05) is 18.2 Å². The number of anilines is 1. The van der Waals surface area contributed by atoms with E-state index in [1.165, 1.54) is 35.5 Å². The average molecular weight is 441 g/mol. The number of pyridine rings is 2. The van der Waals surface area contributed by atoms with E-state index in [-0.39, 0.29) is 42.8 Å². The fraction of sp³-hybridized carbons (Fsp3) is 0.200. The molecule has 10 nitrogen and oxygen atoms in total. The average Bonchev–Trinajstić information content (AvgIpc) is 2.78. The zero-order valence-corrected chi connectivity index (χ0v) is 17.1. The van der Waals surface area contributed by atoms with Gasteiger partial charge in [0.2, 0.25) is 0 Å². The van der Waals surface area contributed by atoms with E-state index in [0.717, 1.165) is 0 Å². The maximum Gasteiger partial charge on any atom is 0.407 e. The number of carbonyl (C=O) groups excluding carboxylic acids is 1. The van der Waals surface area contributed by atoms with Crippen LogP contribution in [0, 0.1) is 0 Å². The van der Waals surface area contributed by atoms with E-state index in [1.807, 2.05) is 0 Å². The third-order valence-corrected chi connectivity index (χ3v) is 6.36. The van der Waals surface area contributed by atoms with Crippen LogP contribution in [0.15, 0.2) is 59.8 Å². The second-order valence-electron chi connectivity index (χ2n) is 6.93. The highest BCUT2D eigenvalue weighted by atomic mass is 32.2. The second-order valence-corrected chi connectivity index (χ2v) is 8.58. The summed E-state index contributed by atoms with van der Waals surface area (Å²) in [6.07, 6.45) is 1.81. The first-order valence-corrected chi connectivity index (χ1v) is 10.9. The van der Waals surface area contributed by atoms with Crippen molar-refractivity contribution < 1.29 is 23.1 Å². The largest absolute Gasteiger partial charge is 0.465 e. The highest BCUT2D eigenvalue weighted by Crippen LogP contribution is 2.22. The lowest BCUT2D eigenvalue weighted by molar-refractivity contribution is 0.0624. The first-order chi connectivity index (χ1) is 14.8. The maximum atomic E-state index is 12.8. The molecule has 0 unspecified atom stereocenters. The SMILES string of the molecule is O=C(O)N1CCN(C(=O)c2ccc(NS(=O)(=O)c3cccc4cccnc34)nc2)CC1. The molecule has 3 heterocycles. The molecule has 3 aromatic rings. The first-order valence-electron chi connectivity index (χ1n) is 9.45. The summed E-state index contributed by atoms with van der Waals surface area (Å²) in [7, 11) is -3.94. The number of rotatable bonds is 4. The molecule has 1 fully saturated rings. The van der Waals surface area contributed by atoms with E-state index in [2.05, 4.69) is 14.7 Å². The van der Waals surface area contributed by atoms with Crippen molar-refractivity contribution in [2.24, 2.45) is 0 Å². The van der Waals surface area contributed by atoms with Gasteiger partial charge in [-0.15, -0.1) is 0 Å². The number of aromatic nitrogens is 2. The lowest BCUT2D eigenvalue weighted by Gasteiger charge is -2.33. The molecule has 11 heteroatoms. The second kappa shape index (κ2) is 8.19. The molecule has 0 atom stereocenters. The molecule has 1 saturated heterocycles. The van der Waals surface area contributed by atoms with Gasteiger partial charge in [0, 0.05) is 44.0 Å². The molecule has 31 heavy (non-hydrogen) atoms. The van der Waals surface area contributed by atoms with Crippen LogP contribution in [-0.4, -0.2) is 71.5 Å². The van der Waals surface area contributed by atoms with Crippen molar-refractivity contribution in [3.63, 3.8) is 0 Å². The number of carbonyl (C=O) groups is 2. The molecule has 0 spiro atoms. The Morgan fingerprint density at radius 2 is 1.65 bits per heavy atom. The summed E-state index contributed by atoms with van der Waals surface area (Å²) in [5.41, 5.74) is 0.642. The molecule has 1 aliphatic rings. The molecule has 0 bridgehead atoms. The predicted octanol–water partition coefficient (Wildman–Crippen LogP) is 1.87. The first kappa shape index (κ1) is 20.5. The molecule has 0 saturated carbocycles. The number of amides is 2. The van der Waals surface area contributed by atoms with Gasteiger partial charge in [-0.3, -0.25) is 14.5 Å². The van der Waals surface area contributed by atoms with E-state index in [0.29, 0.717) is 16.5 Å². The number of nitrogens with zero attached hydrogens (tertiary/aromatic N) is 4. The summed E-state index contributed by atoms with van der Waals surface area (Å²) >= 11 is 0. The molecular weight excluding hydrogens is 422 g/mol. The normalized spacial score (nSPS) is 14.5. The number of piperazine rings is 1. The van der Waals surface area contributed by atoms with Crippen LogP contribution in [0.2, 0.25) is 0 Å². The van der Waals surface area contributed by atoms with Crippen LogP contribution >= 0.6 is 0 Å². The summed E-state index contributed by atoms with van der Waals surface area (Å²) in [5.74, 6) is -0.217. The third kappa shape index (κ3) is 4.26. The Balaban J connectivity index is 1.48. The summed E-state index contributed by atoms with van der Waals surface area (Å²) in [5, 5.41) is 9.69. The number of hydrogen-bond donors (Lipinski definition) is 2. The number of para-hydroxylation sites is 1. The molecule has 4 rings (SSSR count). The predicted molar refractivity (Wildman–Crippen MR) is 112 cm³/mol. The van der Waals surface area contributed by atoms with Crippen molar-refractivity contribution in [2.45, 2.75) is 4.90 Å². The van der Waals surface area contributed by atoms with Crippen LogP contribution in [0.3, 0.4) is 0 Å². The van der Waals surface area contributed by atoms with Crippen LogP contribution in [0.4, 0.5) is 10.6 Å². The summed E-state index contributed by atoms with van der Waals surface area (Å²) < 4.78 is 28.1. The van der Waals surface area contributed by atoms with E-state index < -0.39 is 16.1 Å². The quantitative estimate of drug-likeness (QED) is 0.631. The Labute approximate surface area is 178 Å². The molecule has 0 radical (unpaired) electrons. The number of nitrogens with one attached hydrogen (secondary N) is 1. The summed E-state index contributed by atoms with van der Waals surface area (Å²) in [6.45, 7) is 1.05. The maximum absolute atomic E-state index is 12.8. The van der Waals surface area contributed by atoms with Crippen molar-refractivity contribution >= 4 is 38.7 Å². The number of hydrogen-bond acceptors (Lipinski definition) is 6. The standard InChI is InChI=1S/C20H19N5O5S/c26-19(24-9-11-25(12-10-24)20(27)28)15-6-7-17(22-13-15)23-31(29,30)16-5-1-3-14-4-2-8-21-18(14)16/h1-8,13H,9-12H2,(H,22,23)(H,27,28). The number of sulfonamides is 1. The van der Waals surface area contributed by atoms with Gasteiger partial charge in [0.1, 0.15) is 10.7 Å². The van der Waals surface area contributed by atoms with Gasteiger partial charge in [0.25, 0.3) is 15.9 Å².